The molecule has 0 bridgehead atoms. The number of rotatable bonds is 5. The van der Waals surface area contributed by atoms with Crippen LogP contribution in [-0.4, -0.2) is 38.7 Å². The Morgan fingerprint density at radius 2 is 1.81 bits per heavy atom. The summed E-state index contributed by atoms with van der Waals surface area (Å²) in [5.41, 5.74) is 3.28. The summed E-state index contributed by atoms with van der Waals surface area (Å²) < 4.78 is 25.4. The summed E-state index contributed by atoms with van der Waals surface area (Å²) in [5.74, 6) is 0. The normalized spacial score (nSPS) is 11.9. The van der Waals surface area contributed by atoms with Crippen LogP contribution in [0.1, 0.15) is 5.56 Å². The molecule has 0 unspecified atom stereocenters. The largest absolute Gasteiger partial charge is 0.354 e. The summed E-state index contributed by atoms with van der Waals surface area (Å²) in [6.45, 7) is 0.847. The second kappa shape index (κ2) is 7.34. The lowest BCUT2D eigenvalue weighted by Gasteiger charge is -2.15. The highest BCUT2D eigenvalue weighted by atomic mass is 79.9. The highest BCUT2D eigenvalue weighted by molar-refractivity contribution is 9.10. The average Bonchev–Trinajstić information content (AvgIpc) is 2.55. The van der Waals surface area contributed by atoms with Crippen LogP contribution in [0.4, 0.5) is 11.4 Å². The van der Waals surface area contributed by atoms with Crippen molar-refractivity contribution in [2.75, 3.05) is 25.7 Å². The van der Waals surface area contributed by atoms with Gasteiger partial charge in [-0.2, -0.15) is 0 Å². The number of benzene rings is 2. The van der Waals surface area contributed by atoms with Crippen molar-refractivity contribution in [2.24, 2.45) is 0 Å². The zero-order valence-corrected chi connectivity index (χ0v) is 17.2. The number of nitrogens with zero attached hydrogens (tertiary/aromatic N) is 2. The molecule has 7 heteroatoms. The van der Waals surface area contributed by atoms with E-state index in [4.69, 9.17) is 0 Å². The van der Waals surface area contributed by atoms with Gasteiger partial charge in [0.25, 0.3) is 0 Å². The summed E-state index contributed by atoms with van der Waals surface area (Å²) >= 11 is 3.45. The highest BCUT2D eigenvalue weighted by Gasteiger charge is 2.18. The number of nitrogens with one attached hydrogen (secondary N) is 1. The standard InChI is InChI=1S/C19H20BrN3O2S/c1-23(2)12-13-4-7-15(8-5-13)22-19-16-10-14(20)6-9-17(16)21-11-18(19)26(3,24)25/h4-11H,12H2,1-3H3,(H,21,22). The molecular weight excluding hydrogens is 414 g/mol. The molecule has 0 atom stereocenters. The molecule has 26 heavy (non-hydrogen) atoms. The molecule has 1 heterocycles. The Bertz CT molecular complexity index is 1050. The van der Waals surface area contributed by atoms with Crippen LogP contribution in [0.25, 0.3) is 10.9 Å². The fourth-order valence-corrected chi connectivity index (χ4v) is 3.90. The fraction of sp³-hybridized carbons (Fsp3) is 0.211. The fourth-order valence-electron chi connectivity index (χ4n) is 2.76. The maximum atomic E-state index is 12.3. The van der Waals surface area contributed by atoms with Crippen LogP contribution < -0.4 is 5.32 Å². The van der Waals surface area contributed by atoms with Gasteiger partial charge in [0.2, 0.25) is 0 Å². The summed E-state index contributed by atoms with van der Waals surface area (Å²) in [7, 11) is 0.610. The number of anilines is 2. The first-order chi connectivity index (χ1) is 12.2. The van der Waals surface area contributed by atoms with Gasteiger partial charge in [0.1, 0.15) is 4.90 Å². The van der Waals surface area contributed by atoms with Crippen molar-refractivity contribution >= 4 is 48.0 Å². The highest BCUT2D eigenvalue weighted by Crippen LogP contribution is 2.33. The van der Waals surface area contributed by atoms with Crippen molar-refractivity contribution in [3.05, 3.63) is 58.7 Å². The molecule has 0 amide bonds. The molecule has 1 N–H and O–H groups in total. The zero-order valence-electron chi connectivity index (χ0n) is 14.8. The van der Waals surface area contributed by atoms with Gasteiger partial charge in [-0.15, -0.1) is 0 Å². The minimum Gasteiger partial charge on any atom is -0.354 e. The lowest BCUT2D eigenvalue weighted by molar-refractivity contribution is 0.402. The van der Waals surface area contributed by atoms with Crippen molar-refractivity contribution in [1.82, 2.24) is 9.88 Å². The molecule has 0 aliphatic rings. The summed E-state index contributed by atoms with van der Waals surface area (Å²) in [5, 5.41) is 4.03. The van der Waals surface area contributed by atoms with E-state index in [0.29, 0.717) is 5.69 Å². The third kappa shape index (κ3) is 4.23. The van der Waals surface area contributed by atoms with Crippen LogP contribution in [0.15, 0.2) is 58.0 Å². The smallest absolute Gasteiger partial charge is 0.179 e. The first kappa shape index (κ1) is 18.8. The molecule has 5 nitrogen and oxygen atoms in total. The molecule has 0 aliphatic carbocycles. The number of pyridine rings is 1. The minimum atomic E-state index is -3.43. The monoisotopic (exact) mass is 433 g/mol. The van der Waals surface area contributed by atoms with Crippen LogP contribution in [0.5, 0.6) is 0 Å². The molecule has 0 spiro atoms. The molecule has 0 fully saturated rings. The topological polar surface area (TPSA) is 62.3 Å². The Morgan fingerprint density at radius 3 is 2.42 bits per heavy atom. The Morgan fingerprint density at radius 1 is 1.12 bits per heavy atom. The van der Waals surface area contributed by atoms with E-state index in [1.807, 2.05) is 56.6 Å². The number of sulfone groups is 1. The molecule has 0 aliphatic heterocycles. The molecule has 0 saturated carbocycles. The summed E-state index contributed by atoms with van der Waals surface area (Å²) in [6.07, 6.45) is 2.60. The number of hydrogen-bond acceptors (Lipinski definition) is 5. The molecule has 136 valence electrons. The van der Waals surface area contributed by atoms with Crippen molar-refractivity contribution in [2.45, 2.75) is 11.4 Å². The molecular formula is C19H20BrN3O2S. The van der Waals surface area contributed by atoms with Crippen molar-refractivity contribution in [3.63, 3.8) is 0 Å². The molecule has 1 aromatic heterocycles. The molecule has 3 rings (SSSR count). The predicted molar refractivity (Wildman–Crippen MR) is 110 cm³/mol. The van der Waals surface area contributed by atoms with E-state index in [-0.39, 0.29) is 4.90 Å². The van der Waals surface area contributed by atoms with Gasteiger partial charge in [0.15, 0.2) is 9.84 Å². The Hall–Kier alpha value is -1.96. The van der Waals surface area contributed by atoms with Crippen LogP contribution in [0.3, 0.4) is 0 Å². The van der Waals surface area contributed by atoms with Crippen LogP contribution >= 0.6 is 15.9 Å². The number of hydrogen-bond donors (Lipinski definition) is 1. The first-order valence-electron chi connectivity index (χ1n) is 8.03. The molecule has 0 radical (unpaired) electrons. The van der Waals surface area contributed by atoms with Gasteiger partial charge in [-0.1, -0.05) is 28.1 Å². The van der Waals surface area contributed by atoms with E-state index < -0.39 is 9.84 Å². The SMILES string of the molecule is CN(C)Cc1ccc(Nc2c(S(C)(=O)=O)cnc3ccc(Br)cc23)cc1. The van der Waals surface area contributed by atoms with Gasteiger partial charge in [0.05, 0.1) is 11.2 Å². The zero-order chi connectivity index (χ0) is 18.9. The molecule has 0 saturated heterocycles. The van der Waals surface area contributed by atoms with Gasteiger partial charge in [-0.3, -0.25) is 4.98 Å². The average molecular weight is 434 g/mol. The Labute approximate surface area is 162 Å². The van der Waals surface area contributed by atoms with Crippen LogP contribution in [0, 0.1) is 0 Å². The second-order valence-corrected chi connectivity index (χ2v) is 9.39. The van der Waals surface area contributed by atoms with E-state index in [1.54, 1.807) is 0 Å². The van der Waals surface area contributed by atoms with Crippen molar-refractivity contribution in [1.29, 1.82) is 0 Å². The first-order valence-corrected chi connectivity index (χ1v) is 10.7. The number of halogens is 1. The maximum Gasteiger partial charge on any atom is 0.179 e. The Kier molecular flexibility index (Phi) is 5.32. The van der Waals surface area contributed by atoms with Gasteiger partial charge in [-0.25, -0.2) is 8.42 Å². The summed E-state index contributed by atoms with van der Waals surface area (Å²) in [4.78, 5) is 6.57. The van der Waals surface area contributed by atoms with Crippen molar-refractivity contribution in [3.8, 4) is 0 Å². The summed E-state index contributed by atoms with van der Waals surface area (Å²) in [6, 6.07) is 13.6. The molecule has 3 aromatic rings. The van der Waals surface area contributed by atoms with Gasteiger partial charge in [0, 0.05) is 34.5 Å². The number of aromatic nitrogens is 1. The lowest BCUT2D eigenvalue weighted by atomic mass is 10.1. The van der Waals surface area contributed by atoms with E-state index >= 15 is 0 Å². The van der Waals surface area contributed by atoms with Crippen LogP contribution in [-0.2, 0) is 16.4 Å². The van der Waals surface area contributed by atoms with Crippen molar-refractivity contribution < 1.29 is 8.42 Å². The maximum absolute atomic E-state index is 12.3. The van der Waals surface area contributed by atoms with E-state index in [1.165, 1.54) is 18.0 Å². The van der Waals surface area contributed by atoms with Crippen LogP contribution in [0.2, 0.25) is 0 Å². The van der Waals surface area contributed by atoms with Gasteiger partial charge < -0.3 is 10.2 Å². The quantitative estimate of drug-likeness (QED) is 0.652. The van der Waals surface area contributed by atoms with E-state index in [0.717, 1.165) is 27.6 Å². The third-order valence-corrected chi connectivity index (χ3v) is 5.52. The second-order valence-electron chi connectivity index (χ2n) is 6.49. The molecule has 2 aromatic carbocycles. The van der Waals surface area contributed by atoms with E-state index in [9.17, 15) is 8.42 Å². The predicted octanol–water partition coefficient (Wildman–Crippen LogP) is 4.21. The van der Waals surface area contributed by atoms with E-state index in [2.05, 4.69) is 31.1 Å². The Balaban J connectivity index is 2.09. The van der Waals surface area contributed by atoms with Gasteiger partial charge >= 0.3 is 0 Å². The third-order valence-electron chi connectivity index (χ3n) is 3.92. The lowest BCUT2D eigenvalue weighted by Crippen LogP contribution is -2.10. The van der Waals surface area contributed by atoms with Gasteiger partial charge in [-0.05, 0) is 50.0 Å². The minimum absolute atomic E-state index is 0.181. The number of fused-ring (bicyclic) bond motifs is 1.